The summed E-state index contributed by atoms with van der Waals surface area (Å²) in [6.07, 6.45) is 1.83. The third-order valence-electron chi connectivity index (χ3n) is 5.10. The number of ether oxygens (including phenoxy) is 1. The number of benzene rings is 2. The molecule has 3 aromatic rings. The Hall–Kier alpha value is -2.70. The van der Waals surface area contributed by atoms with Crippen molar-refractivity contribution in [1.29, 1.82) is 0 Å². The van der Waals surface area contributed by atoms with E-state index in [1.54, 1.807) is 29.8 Å². The number of rotatable bonds is 8. The number of hydrogen-bond donors (Lipinski definition) is 1. The maximum Gasteiger partial charge on any atom is 0.227 e. The average Bonchev–Trinajstić information content (AvgIpc) is 3.51. The average molecular weight is 395 g/mol. The van der Waals surface area contributed by atoms with E-state index in [9.17, 15) is 9.50 Å². The highest BCUT2D eigenvalue weighted by atomic mass is 19.1. The van der Waals surface area contributed by atoms with Crippen LogP contribution in [-0.2, 0) is 6.54 Å². The summed E-state index contributed by atoms with van der Waals surface area (Å²) in [5.74, 6) is 0.259. The molecule has 1 aliphatic carbocycles. The van der Waals surface area contributed by atoms with Crippen molar-refractivity contribution in [3.05, 3.63) is 71.7 Å². The van der Waals surface area contributed by atoms with Crippen molar-refractivity contribution in [3.63, 3.8) is 0 Å². The Morgan fingerprint density at radius 3 is 2.52 bits per heavy atom. The summed E-state index contributed by atoms with van der Waals surface area (Å²) in [4.78, 5) is 2.26. The van der Waals surface area contributed by atoms with Crippen LogP contribution in [0.5, 0.6) is 11.6 Å². The lowest BCUT2D eigenvalue weighted by Crippen LogP contribution is -2.32. The van der Waals surface area contributed by atoms with Gasteiger partial charge in [0.15, 0.2) is 11.6 Å². The van der Waals surface area contributed by atoms with Gasteiger partial charge in [-0.25, -0.2) is 9.07 Å². The molecule has 1 aromatic heterocycles. The van der Waals surface area contributed by atoms with Gasteiger partial charge < -0.3 is 9.84 Å². The van der Waals surface area contributed by atoms with Crippen molar-refractivity contribution in [3.8, 4) is 17.3 Å². The minimum absolute atomic E-state index is 0.166. The Morgan fingerprint density at radius 2 is 1.86 bits per heavy atom. The van der Waals surface area contributed by atoms with E-state index in [2.05, 4.69) is 4.90 Å². The van der Waals surface area contributed by atoms with E-state index >= 15 is 0 Å². The van der Waals surface area contributed by atoms with E-state index in [4.69, 9.17) is 9.84 Å². The summed E-state index contributed by atoms with van der Waals surface area (Å²) >= 11 is 0. The highest BCUT2D eigenvalue weighted by Gasteiger charge is 2.32. The molecule has 1 N–H and O–H groups in total. The van der Waals surface area contributed by atoms with E-state index in [-0.39, 0.29) is 5.75 Å². The van der Waals surface area contributed by atoms with Gasteiger partial charge in [-0.05, 0) is 51.0 Å². The van der Waals surface area contributed by atoms with E-state index in [1.807, 2.05) is 37.3 Å². The fraction of sp³-hybridized carbons (Fsp3) is 0.348. The molecule has 1 heterocycles. The molecule has 0 saturated heterocycles. The number of hydrogen-bond acceptors (Lipinski definition) is 4. The van der Waals surface area contributed by atoms with Crippen molar-refractivity contribution in [2.45, 2.75) is 45.4 Å². The Bertz CT molecular complexity index is 968. The molecule has 0 radical (unpaired) electrons. The number of aryl methyl sites for hydroxylation is 1. The van der Waals surface area contributed by atoms with Crippen LogP contribution in [0.3, 0.4) is 0 Å². The minimum Gasteiger partial charge on any atom is -0.435 e. The smallest absolute Gasteiger partial charge is 0.227 e. The van der Waals surface area contributed by atoms with Crippen LogP contribution in [0.2, 0.25) is 0 Å². The van der Waals surface area contributed by atoms with Crippen LogP contribution in [0.1, 0.15) is 31.0 Å². The van der Waals surface area contributed by atoms with Crippen LogP contribution in [0, 0.1) is 12.7 Å². The molecule has 152 valence electrons. The number of para-hydroxylation sites is 2. The van der Waals surface area contributed by atoms with Crippen molar-refractivity contribution < 1.29 is 14.2 Å². The van der Waals surface area contributed by atoms with Gasteiger partial charge in [-0.15, -0.1) is 0 Å². The van der Waals surface area contributed by atoms with Gasteiger partial charge >= 0.3 is 0 Å². The Kier molecular flexibility index (Phi) is 5.65. The third-order valence-corrected chi connectivity index (χ3v) is 5.10. The first-order valence-electron chi connectivity index (χ1n) is 10.0. The van der Waals surface area contributed by atoms with Crippen LogP contribution in [0.25, 0.3) is 5.69 Å². The van der Waals surface area contributed by atoms with Gasteiger partial charge in [-0.3, -0.25) is 4.90 Å². The first-order chi connectivity index (χ1) is 14.0. The standard InChI is InChI=1S/C23H26FN3O2/c1-16(28)14-26(18-12-13-18)15-20-17(2)25-27(19-8-4-3-5-9-19)23(20)29-22-11-7-6-10-21(22)24/h3-11,16,18,28H,12-15H2,1-2H3/t16-/m0/s1. The van der Waals surface area contributed by atoms with Crippen molar-refractivity contribution in [2.24, 2.45) is 0 Å². The van der Waals surface area contributed by atoms with Crippen molar-refractivity contribution in [1.82, 2.24) is 14.7 Å². The molecule has 0 aliphatic heterocycles. The summed E-state index contributed by atoms with van der Waals surface area (Å²) in [5, 5.41) is 14.6. The topological polar surface area (TPSA) is 50.5 Å². The molecule has 0 unspecified atom stereocenters. The van der Waals surface area contributed by atoms with E-state index in [0.29, 0.717) is 25.0 Å². The van der Waals surface area contributed by atoms with Crippen LogP contribution in [0.15, 0.2) is 54.6 Å². The number of halogens is 1. The normalized spacial score (nSPS) is 14.9. The summed E-state index contributed by atoms with van der Waals surface area (Å²) in [5.41, 5.74) is 2.59. The lowest BCUT2D eigenvalue weighted by atomic mass is 10.2. The monoisotopic (exact) mass is 395 g/mol. The van der Waals surface area contributed by atoms with E-state index < -0.39 is 11.9 Å². The number of nitrogens with zero attached hydrogens (tertiary/aromatic N) is 3. The minimum atomic E-state index is -0.420. The third kappa shape index (κ3) is 4.49. The summed E-state index contributed by atoms with van der Waals surface area (Å²) < 4.78 is 22.1. The van der Waals surface area contributed by atoms with Gasteiger partial charge in [0.1, 0.15) is 0 Å². The van der Waals surface area contributed by atoms with Gasteiger partial charge in [0.05, 0.1) is 23.0 Å². The first-order valence-corrected chi connectivity index (χ1v) is 10.0. The van der Waals surface area contributed by atoms with Gasteiger partial charge in [0.2, 0.25) is 5.88 Å². The zero-order valence-electron chi connectivity index (χ0n) is 16.8. The predicted octanol–water partition coefficient (Wildman–Crippen LogP) is 4.46. The molecule has 1 fully saturated rings. The molecular weight excluding hydrogens is 369 g/mol. The molecule has 5 nitrogen and oxygen atoms in total. The Balaban J connectivity index is 1.75. The summed E-state index contributed by atoms with van der Waals surface area (Å²) in [7, 11) is 0. The fourth-order valence-electron chi connectivity index (χ4n) is 3.53. The quantitative estimate of drug-likeness (QED) is 0.612. The number of aromatic nitrogens is 2. The molecule has 1 atom stereocenters. The van der Waals surface area contributed by atoms with Gasteiger partial charge in [-0.2, -0.15) is 5.10 Å². The maximum atomic E-state index is 14.3. The lowest BCUT2D eigenvalue weighted by molar-refractivity contribution is 0.117. The molecule has 0 spiro atoms. The van der Waals surface area contributed by atoms with Crippen molar-refractivity contribution >= 4 is 0 Å². The molecule has 1 saturated carbocycles. The largest absolute Gasteiger partial charge is 0.435 e. The maximum absolute atomic E-state index is 14.3. The summed E-state index contributed by atoms with van der Waals surface area (Å²) in [6, 6.07) is 16.5. The zero-order valence-corrected chi connectivity index (χ0v) is 16.8. The second-order valence-electron chi connectivity index (χ2n) is 7.66. The highest BCUT2D eigenvalue weighted by molar-refractivity contribution is 5.43. The lowest BCUT2D eigenvalue weighted by Gasteiger charge is -2.24. The van der Waals surface area contributed by atoms with Gasteiger partial charge in [-0.1, -0.05) is 30.3 Å². The molecule has 4 rings (SSSR count). The highest BCUT2D eigenvalue weighted by Crippen LogP contribution is 2.35. The molecule has 2 aromatic carbocycles. The van der Waals surface area contributed by atoms with Gasteiger partial charge in [0.25, 0.3) is 0 Å². The Labute approximate surface area is 170 Å². The zero-order chi connectivity index (χ0) is 20.4. The first kappa shape index (κ1) is 19.6. The molecule has 6 heteroatoms. The molecule has 0 amide bonds. The number of aliphatic hydroxyl groups excluding tert-OH is 1. The summed E-state index contributed by atoms with van der Waals surface area (Å²) in [6.45, 7) is 4.92. The Morgan fingerprint density at radius 1 is 1.17 bits per heavy atom. The second kappa shape index (κ2) is 8.35. The van der Waals surface area contributed by atoms with Crippen LogP contribution < -0.4 is 4.74 Å². The van der Waals surface area contributed by atoms with Crippen LogP contribution in [-0.4, -0.2) is 38.5 Å². The second-order valence-corrected chi connectivity index (χ2v) is 7.66. The van der Waals surface area contributed by atoms with E-state index in [1.165, 1.54) is 6.07 Å². The SMILES string of the molecule is Cc1nn(-c2ccccc2)c(Oc2ccccc2F)c1CN(C[C@H](C)O)C1CC1. The van der Waals surface area contributed by atoms with Gasteiger partial charge in [0, 0.05) is 19.1 Å². The van der Waals surface area contributed by atoms with Crippen LogP contribution >= 0.6 is 0 Å². The molecular formula is C23H26FN3O2. The number of aliphatic hydroxyl groups is 1. The van der Waals surface area contributed by atoms with E-state index in [0.717, 1.165) is 29.8 Å². The molecule has 1 aliphatic rings. The molecule has 29 heavy (non-hydrogen) atoms. The van der Waals surface area contributed by atoms with Crippen molar-refractivity contribution in [2.75, 3.05) is 6.54 Å². The molecule has 0 bridgehead atoms. The fourth-order valence-corrected chi connectivity index (χ4v) is 3.53. The van der Waals surface area contributed by atoms with Crippen LogP contribution in [0.4, 0.5) is 4.39 Å². The predicted molar refractivity (Wildman–Crippen MR) is 110 cm³/mol.